The molecule has 1 unspecified atom stereocenters. The lowest BCUT2D eigenvalue weighted by molar-refractivity contribution is 0.281. The maximum absolute atomic E-state index is 12.0. The first-order valence-electron chi connectivity index (χ1n) is 9.74. The van der Waals surface area contributed by atoms with Crippen LogP contribution in [0.25, 0.3) is 11.1 Å². The Bertz CT molecular complexity index is 1110. The molecule has 2 aromatic carbocycles. The molecular weight excluding hydrogens is 398 g/mol. The fourth-order valence-electron chi connectivity index (χ4n) is 2.91. The normalized spacial score (nSPS) is 14.0. The van der Waals surface area contributed by atoms with Crippen LogP contribution in [0.5, 0.6) is 0 Å². The fourth-order valence-corrected chi connectivity index (χ4v) is 3.60. The second kappa shape index (κ2) is 9.23. The molecule has 158 valence electrons. The standard InChI is InChI=1S/C22H27N5O2S/c1-4-16-8-10-17(11-9-16)20-13-24-22(27-21(20)25-15(2)14-28)26-18-6-5-7-19(12-18)30(3,23)29/h5-13,15,23,28H,4,14H2,1-3H3,(H2,24,25,26,27)/t15-,30?/m1/s1. The van der Waals surface area contributed by atoms with E-state index in [-0.39, 0.29) is 12.6 Å². The summed E-state index contributed by atoms with van der Waals surface area (Å²) < 4.78 is 19.8. The first-order valence-corrected chi connectivity index (χ1v) is 11.7. The van der Waals surface area contributed by atoms with Gasteiger partial charge in [0.15, 0.2) is 0 Å². The van der Waals surface area contributed by atoms with Gasteiger partial charge < -0.3 is 15.7 Å². The molecule has 1 aromatic heterocycles. The molecule has 0 saturated carbocycles. The summed E-state index contributed by atoms with van der Waals surface area (Å²) in [6.45, 7) is 3.95. The van der Waals surface area contributed by atoms with E-state index in [1.54, 1.807) is 30.5 Å². The van der Waals surface area contributed by atoms with Gasteiger partial charge in [0.2, 0.25) is 5.95 Å². The van der Waals surface area contributed by atoms with Gasteiger partial charge in [-0.2, -0.15) is 4.98 Å². The number of benzene rings is 2. The van der Waals surface area contributed by atoms with Gasteiger partial charge in [-0.05, 0) is 42.7 Å². The maximum Gasteiger partial charge on any atom is 0.229 e. The Morgan fingerprint density at radius 1 is 1.20 bits per heavy atom. The van der Waals surface area contributed by atoms with Gasteiger partial charge in [0.1, 0.15) is 5.82 Å². The summed E-state index contributed by atoms with van der Waals surface area (Å²) in [4.78, 5) is 9.48. The molecule has 0 radical (unpaired) electrons. The van der Waals surface area contributed by atoms with Crippen LogP contribution in [0.2, 0.25) is 0 Å². The SMILES string of the molecule is CCc1ccc(-c2cnc(Nc3cccc(S(C)(=N)=O)c3)nc2N[C@H](C)CO)cc1. The summed E-state index contributed by atoms with van der Waals surface area (Å²) in [5.74, 6) is 0.968. The van der Waals surface area contributed by atoms with Crippen LogP contribution in [0.3, 0.4) is 0 Å². The van der Waals surface area contributed by atoms with Crippen LogP contribution in [0.15, 0.2) is 59.6 Å². The highest BCUT2D eigenvalue weighted by atomic mass is 32.2. The average Bonchev–Trinajstić information content (AvgIpc) is 2.73. The zero-order valence-corrected chi connectivity index (χ0v) is 18.2. The molecule has 30 heavy (non-hydrogen) atoms. The van der Waals surface area contributed by atoms with E-state index < -0.39 is 9.73 Å². The van der Waals surface area contributed by atoms with E-state index in [0.29, 0.717) is 22.3 Å². The van der Waals surface area contributed by atoms with E-state index in [0.717, 1.165) is 17.5 Å². The van der Waals surface area contributed by atoms with Crippen LogP contribution in [0.4, 0.5) is 17.5 Å². The molecule has 1 heterocycles. The van der Waals surface area contributed by atoms with Crippen molar-refractivity contribution in [2.75, 3.05) is 23.5 Å². The molecule has 3 rings (SSSR count). The minimum Gasteiger partial charge on any atom is -0.394 e. The van der Waals surface area contributed by atoms with Crippen molar-refractivity contribution in [1.82, 2.24) is 9.97 Å². The summed E-state index contributed by atoms with van der Waals surface area (Å²) in [5, 5.41) is 15.8. The lowest BCUT2D eigenvalue weighted by Crippen LogP contribution is -2.21. The quantitative estimate of drug-likeness (QED) is 0.429. The third-order valence-electron chi connectivity index (χ3n) is 4.66. The Morgan fingerprint density at radius 3 is 2.57 bits per heavy atom. The van der Waals surface area contributed by atoms with Crippen molar-refractivity contribution < 1.29 is 9.32 Å². The van der Waals surface area contributed by atoms with E-state index in [9.17, 15) is 9.32 Å². The fraction of sp³-hybridized carbons (Fsp3) is 0.273. The molecular formula is C22H27N5O2S. The number of rotatable bonds is 8. The van der Waals surface area contributed by atoms with Gasteiger partial charge in [0.05, 0.1) is 16.3 Å². The van der Waals surface area contributed by atoms with Crippen LogP contribution in [-0.4, -0.2) is 38.2 Å². The molecule has 0 amide bonds. The largest absolute Gasteiger partial charge is 0.394 e. The zero-order chi connectivity index (χ0) is 21.7. The molecule has 0 spiro atoms. The second-order valence-electron chi connectivity index (χ2n) is 7.23. The van der Waals surface area contributed by atoms with Gasteiger partial charge in [0.25, 0.3) is 0 Å². The number of aliphatic hydroxyl groups excluding tert-OH is 1. The van der Waals surface area contributed by atoms with Crippen molar-refractivity contribution >= 4 is 27.2 Å². The van der Waals surface area contributed by atoms with Crippen LogP contribution in [-0.2, 0) is 16.1 Å². The number of aryl methyl sites for hydroxylation is 1. The number of anilines is 3. The van der Waals surface area contributed by atoms with Gasteiger partial charge in [-0.15, -0.1) is 0 Å². The topological polar surface area (TPSA) is 111 Å². The van der Waals surface area contributed by atoms with Crippen molar-refractivity contribution in [1.29, 1.82) is 4.78 Å². The van der Waals surface area contributed by atoms with Crippen molar-refractivity contribution in [3.63, 3.8) is 0 Å². The molecule has 0 aliphatic rings. The van der Waals surface area contributed by atoms with Gasteiger partial charge in [-0.25, -0.2) is 14.0 Å². The van der Waals surface area contributed by atoms with Crippen molar-refractivity contribution in [3.8, 4) is 11.1 Å². The molecule has 0 bridgehead atoms. The van der Waals surface area contributed by atoms with E-state index in [1.807, 2.05) is 19.1 Å². The van der Waals surface area contributed by atoms with Crippen molar-refractivity contribution in [2.45, 2.75) is 31.2 Å². The number of nitrogens with one attached hydrogen (secondary N) is 3. The maximum atomic E-state index is 12.0. The van der Waals surface area contributed by atoms with Crippen molar-refractivity contribution in [2.24, 2.45) is 0 Å². The number of nitrogens with zero attached hydrogens (tertiary/aromatic N) is 2. The number of aromatic nitrogens is 2. The van der Waals surface area contributed by atoms with Crippen molar-refractivity contribution in [3.05, 3.63) is 60.3 Å². The van der Waals surface area contributed by atoms with Crippen LogP contribution >= 0.6 is 0 Å². The summed E-state index contributed by atoms with van der Waals surface area (Å²) in [5.41, 5.74) is 3.71. The minimum absolute atomic E-state index is 0.0304. The van der Waals surface area contributed by atoms with Gasteiger partial charge in [-0.3, -0.25) is 0 Å². The van der Waals surface area contributed by atoms with E-state index >= 15 is 0 Å². The smallest absolute Gasteiger partial charge is 0.229 e. The Hall–Kier alpha value is -2.97. The predicted molar refractivity (Wildman–Crippen MR) is 122 cm³/mol. The Kier molecular flexibility index (Phi) is 6.69. The summed E-state index contributed by atoms with van der Waals surface area (Å²) in [7, 11) is -2.81. The highest BCUT2D eigenvalue weighted by molar-refractivity contribution is 7.91. The number of hydrogen-bond donors (Lipinski definition) is 4. The monoisotopic (exact) mass is 425 g/mol. The van der Waals surface area contributed by atoms with Gasteiger partial charge >= 0.3 is 0 Å². The minimum atomic E-state index is -2.81. The first kappa shape index (κ1) is 21.7. The average molecular weight is 426 g/mol. The van der Waals surface area contributed by atoms with E-state index in [4.69, 9.17) is 4.78 Å². The molecule has 8 heteroatoms. The van der Waals surface area contributed by atoms with E-state index in [1.165, 1.54) is 11.8 Å². The number of hydrogen-bond acceptors (Lipinski definition) is 7. The summed E-state index contributed by atoms with van der Waals surface area (Å²) in [6.07, 6.45) is 4.09. The van der Waals surface area contributed by atoms with Crippen LogP contribution < -0.4 is 10.6 Å². The summed E-state index contributed by atoms with van der Waals surface area (Å²) in [6, 6.07) is 14.9. The molecule has 0 aliphatic carbocycles. The van der Waals surface area contributed by atoms with Crippen LogP contribution in [0.1, 0.15) is 19.4 Å². The number of aliphatic hydroxyl groups is 1. The highest BCUT2D eigenvalue weighted by Gasteiger charge is 2.13. The molecule has 2 atom stereocenters. The zero-order valence-electron chi connectivity index (χ0n) is 17.3. The lowest BCUT2D eigenvalue weighted by Gasteiger charge is -2.17. The first-order chi connectivity index (χ1) is 14.3. The lowest BCUT2D eigenvalue weighted by atomic mass is 10.0. The van der Waals surface area contributed by atoms with Gasteiger partial charge in [-0.1, -0.05) is 37.3 Å². The third-order valence-corrected chi connectivity index (χ3v) is 5.81. The molecule has 3 aromatic rings. The van der Waals surface area contributed by atoms with E-state index in [2.05, 4.69) is 39.7 Å². The highest BCUT2D eigenvalue weighted by Crippen LogP contribution is 2.28. The predicted octanol–water partition coefficient (Wildman–Crippen LogP) is 4.28. The molecule has 0 saturated heterocycles. The molecule has 7 nitrogen and oxygen atoms in total. The summed E-state index contributed by atoms with van der Waals surface area (Å²) >= 11 is 0. The third kappa shape index (κ3) is 5.34. The Balaban J connectivity index is 1.96. The van der Waals surface area contributed by atoms with Gasteiger partial charge in [0, 0.05) is 34.6 Å². The molecule has 0 aliphatic heterocycles. The molecule has 4 N–H and O–H groups in total. The Labute approximate surface area is 177 Å². The second-order valence-corrected chi connectivity index (χ2v) is 9.39. The Morgan fingerprint density at radius 2 is 1.93 bits per heavy atom. The van der Waals surface area contributed by atoms with Crippen LogP contribution in [0, 0.1) is 4.78 Å². The molecule has 0 fully saturated rings.